The van der Waals surface area contributed by atoms with Gasteiger partial charge in [0.2, 0.25) is 0 Å². The fourth-order valence-corrected chi connectivity index (χ4v) is 1.20. The van der Waals surface area contributed by atoms with Crippen LogP contribution >= 0.6 is 35.4 Å². The molecule has 0 bridgehead atoms. The lowest BCUT2D eigenvalue weighted by Gasteiger charge is -2.15. The highest BCUT2D eigenvalue weighted by Gasteiger charge is 2.02. The average Bonchev–Trinajstić information content (AvgIpc) is 2.11. The van der Waals surface area contributed by atoms with E-state index in [0.29, 0.717) is 15.2 Å². The molecule has 1 aromatic rings. The zero-order valence-corrected chi connectivity index (χ0v) is 9.75. The van der Waals surface area contributed by atoms with Crippen molar-refractivity contribution < 1.29 is 0 Å². The van der Waals surface area contributed by atoms with Crippen molar-refractivity contribution in [1.29, 1.82) is 0 Å². The van der Waals surface area contributed by atoms with Gasteiger partial charge in [-0.1, -0.05) is 23.2 Å². The summed E-state index contributed by atoms with van der Waals surface area (Å²) in [5.74, 6) is 5.42. The number of hydrogen-bond donors (Lipinski definition) is 2. The van der Waals surface area contributed by atoms with Crippen molar-refractivity contribution in [2.75, 3.05) is 12.4 Å². The summed E-state index contributed by atoms with van der Waals surface area (Å²) < 4.78 is 0. The van der Waals surface area contributed by atoms with Crippen molar-refractivity contribution in [2.24, 2.45) is 5.84 Å². The lowest BCUT2D eigenvalue weighted by Crippen LogP contribution is -2.36. The van der Waals surface area contributed by atoms with E-state index in [1.54, 1.807) is 25.2 Å². The van der Waals surface area contributed by atoms with Crippen molar-refractivity contribution in [3.8, 4) is 0 Å². The zero-order chi connectivity index (χ0) is 10.7. The van der Waals surface area contributed by atoms with Crippen molar-refractivity contribution in [1.82, 2.24) is 5.01 Å². The van der Waals surface area contributed by atoms with Gasteiger partial charge in [0, 0.05) is 12.7 Å². The molecule has 0 heterocycles. The monoisotopic (exact) mass is 249 g/mol. The van der Waals surface area contributed by atoms with Crippen LogP contribution in [0, 0.1) is 0 Å². The van der Waals surface area contributed by atoms with Gasteiger partial charge in [-0.3, -0.25) is 5.01 Å². The van der Waals surface area contributed by atoms with Crippen LogP contribution < -0.4 is 11.2 Å². The Labute approximate surface area is 97.7 Å². The van der Waals surface area contributed by atoms with E-state index < -0.39 is 0 Å². The molecule has 3 nitrogen and oxygen atoms in total. The Morgan fingerprint density at radius 2 is 2.07 bits per heavy atom. The van der Waals surface area contributed by atoms with Gasteiger partial charge in [-0.2, -0.15) is 0 Å². The SMILES string of the molecule is CN(N)C(=S)Nc1ccc(Cl)c(Cl)c1. The van der Waals surface area contributed by atoms with Crippen molar-refractivity contribution in [3.05, 3.63) is 28.2 Å². The van der Waals surface area contributed by atoms with Crippen molar-refractivity contribution >= 4 is 46.2 Å². The number of nitrogens with zero attached hydrogens (tertiary/aromatic N) is 1. The smallest absolute Gasteiger partial charge is 0.187 e. The summed E-state index contributed by atoms with van der Waals surface area (Å²) in [6, 6.07) is 5.13. The van der Waals surface area contributed by atoms with E-state index in [0.717, 1.165) is 5.69 Å². The van der Waals surface area contributed by atoms with Gasteiger partial charge in [-0.15, -0.1) is 0 Å². The lowest BCUT2D eigenvalue weighted by atomic mass is 10.3. The van der Waals surface area contributed by atoms with Crippen LogP contribution in [-0.2, 0) is 0 Å². The molecule has 0 saturated carbocycles. The molecule has 3 N–H and O–H groups in total. The topological polar surface area (TPSA) is 41.3 Å². The average molecular weight is 250 g/mol. The molecule has 0 atom stereocenters. The maximum Gasteiger partial charge on any atom is 0.187 e. The normalized spacial score (nSPS) is 9.71. The molecule has 0 fully saturated rings. The van der Waals surface area contributed by atoms with Crippen molar-refractivity contribution in [3.63, 3.8) is 0 Å². The molecule has 0 saturated heterocycles. The Balaban J connectivity index is 2.78. The molecule has 0 aliphatic heterocycles. The number of nitrogens with one attached hydrogen (secondary N) is 1. The van der Waals surface area contributed by atoms with E-state index in [9.17, 15) is 0 Å². The molecular formula is C8H9Cl2N3S. The van der Waals surface area contributed by atoms with E-state index in [2.05, 4.69) is 5.32 Å². The second-order valence-electron chi connectivity index (χ2n) is 2.67. The molecule has 76 valence electrons. The molecule has 1 aromatic carbocycles. The summed E-state index contributed by atoms with van der Waals surface area (Å²) in [7, 11) is 1.65. The molecule has 0 unspecified atom stereocenters. The number of nitrogens with two attached hydrogens (primary N) is 1. The first kappa shape index (κ1) is 11.5. The summed E-state index contributed by atoms with van der Waals surface area (Å²) >= 11 is 16.5. The number of rotatable bonds is 1. The third kappa shape index (κ3) is 2.99. The fraction of sp³-hybridized carbons (Fsp3) is 0.125. The Morgan fingerprint density at radius 1 is 1.43 bits per heavy atom. The van der Waals surface area contributed by atoms with Crippen LogP contribution in [-0.4, -0.2) is 17.2 Å². The quantitative estimate of drug-likeness (QED) is 0.456. The predicted molar refractivity (Wildman–Crippen MR) is 64.6 cm³/mol. The van der Waals surface area contributed by atoms with Gasteiger partial charge < -0.3 is 5.32 Å². The van der Waals surface area contributed by atoms with E-state index >= 15 is 0 Å². The molecule has 0 aromatic heterocycles. The zero-order valence-electron chi connectivity index (χ0n) is 7.42. The highest BCUT2D eigenvalue weighted by molar-refractivity contribution is 7.80. The summed E-state index contributed by atoms with van der Waals surface area (Å²) in [6.45, 7) is 0. The summed E-state index contributed by atoms with van der Waals surface area (Å²) in [5.41, 5.74) is 0.752. The van der Waals surface area contributed by atoms with E-state index in [4.69, 9.17) is 41.3 Å². The highest BCUT2D eigenvalue weighted by atomic mass is 35.5. The number of halogens is 2. The van der Waals surface area contributed by atoms with Gasteiger partial charge in [-0.05, 0) is 30.4 Å². The van der Waals surface area contributed by atoms with Crippen molar-refractivity contribution in [2.45, 2.75) is 0 Å². The van der Waals surface area contributed by atoms with Gasteiger partial charge in [0.05, 0.1) is 10.0 Å². The molecule has 0 spiro atoms. The third-order valence-corrected chi connectivity index (χ3v) is 2.62. The van der Waals surface area contributed by atoms with E-state index in [-0.39, 0.29) is 0 Å². The van der Waals surface area contributed by atoms with Crippen LogP contribution in [0.1, 0.15) is 0 Å². The Hall–Kier alpha value is -0.550. The molecule has 0 amide bonds. The Kier molecular flexibility index (Phi) is 3.95. The first-order valence-electron chi connectivity index (χ1n) is 3.75. The van der Waals surface area contributed by atoms with Gasteiger partial charge in [0.15, 0.2) is 5.11 Å². The predicted octanol–water partition coefficient (Wildman–Crippen LogP) is 2.50. The second kappa shape index (κ2) is 4.79. The third-order valence-electron chi connectivity index (χ3n) is 1.49. The van der Waals surface area contributed by atoms with Crippen LogP contribution in [0.25, 0.3) is 0 Å². The van der Waals surface area contributed by atoms with Crippen LogP contribution in [0.15, 0.2) is 18.2 Å². The van der Waals surface area contributed by atoms with Gasteiger partial charge in [-0.25, -0.2) is 5.84 Å². The number of benzene rings is 1. The first-order chi connectivity index (χ1) is 6.50. The number of hydrazine groups is 1. The molecule has 1 rings (SSSR count). The molecular weight excluding hydrogens is 241 g/mol. The largest absolute Gasteiger partial charge is 0.331 e. The van der Waals surface area contributed by atoms with Gasteiger partial charge in [0.25, 0.3) is 0 Å². The molecule has 14 heavy (non-hydrogen) atoms. The Morgan fingerprint density at radius 3 is 2.57 bits per heavy atom. The minimum Gasteiger partial charge on any atom is -0.331 e. The number of hydrogen-bond acceptors (Lipinski definition) is 2. The minimum atomic E-state index is 0.406. The van der Waals surface area contributed by atoms with Crippen LogP contribution in [0.5, 0.6) is 0 Å². The van der Waals surface area contributed by atoms with Gasteiger partial charge >= 0.3 is 0 Å². The molecule has 0 radical (unpaired) electrons. The molecule has 0 aliphatic carbocycles. The van der Waals surface area contributed by atoms with Crippen LogP contribution in [0.4, 0.5) is 5.69 Å². The number of anilines is 1. The highest BCUT2D eigenvalue weighted by Crippen LogP contribution is 2.24. The molecule has 0 aliphatic rings. The Bertz CT molecular complexity index is 354. The first-order valence-corrected chi connectivity index (χ1v) is 4.91. The molecule has 6 heteroatoms. The van der Waals surface area contributed by atoms with E-state index in [1.807, 2.05) is 0 Å². The second-order valence-corrected chi connectivity index (χ2v) is 3.87. The summed E-state index contributed by atoms with van der Waals surface area (Å²) in [5, 5.41) is 5.58. The number of thiocarbonyl (C=S) groups is 1. The van der Waals surface area contributed by atoms with E-state index in [1.165, 1.54) is 5.01 Å². The van der Waals surface area contributed by atoms with Gasteiger partial charge in [0.1, 0.15) is 0 Å². The maximum absolute atomic E-state index is 5.82. The van der Waals surface area contributed by atoms with Crippen LogP contribution in [0.2, 0.25) is 10.0 Å². The summed E-state index contributed by atoms with van der Waals surface area (Å²) in [4.78, 5) is 0. The summed E-state index contributed by atoms with van der Waals surface area (Å²) in [6.07, 6.45) is 0. The minimum absolute atomic E-state index is 0.406. The maximum atomic E-state index is 5.82. The lowest BCUT2D eigenvalue weighted by molar-refractivity contribution is 0.548. The standard InChI is InChI=1S/C8H9Cl2N3S/c1-13(11)8(14)12-5-2-3-6(9)7(10)4-5/h2-4H,11H2,1H3,(H,12,14). The van der Waals surface area contributed by atoms with Crippen LogP contribution in [0.3, 0.4) is 0 Å². The fourth-order valence-electron chi connectivity index (χ4n) is 0.786.